The molecule has 2 aromatic carbocycles. The Morgan fingerprint density at radius 1 is 0.841 bits per heavy atom. The zero-order valence-electron chi connectivity index (χ0n) is 23.7. The second kappa shape index (κ2) is 12.9. The summed E-state index contributed by atoms with van der Waals surface area (Å²) < 4.78 is 96.7. The van der Waals surface area contributed by atoms with Crippen LogP contribution in [0.5, 0.6) is 0 Å². The van der Waals surface area contributed by atoms with Crippen LogP contribution in [0.15, 0.2) is 59.3 Å². The fourth-order valence-corrected chi connectivity index (χ4v) is 5.84. The summed E-state index contributed by atoms with van der Waals surface area (Å²) in [6.07, 6.45) is -2.65. The van der Waals surface area contributed by atoms with E-state index in [1.54, 1.807) is 6.07 Å². The molecule has 44 heavy (non-hydrogen) atoms. The first-order valence-corrected chi connectivity index (χ1v) is 14.9. The molecule has 0 bridgehead atoms. The molecule has 2 aromatic heterocycles. The molecule has 0 aliphatic heterocycles. The molecule has 0 spiro atoms. The van der Waals surface area contributed by atoms with Crippen molar-refractivity contribution in [2.24, 2.45) is 5.92 Å². The van der Waals surface area contributed by atoms with Crippen molar-refractivity contribution in [2.75, 3.05) is 22.9 Å². The van der Waals surface area contributed by atoms with Gasteiger partial charge in [0.25, 0.3) is 0 Å². The SMILES string of the molecule is CCN(CC1CCCC1)c1nc2cc(F)ccc2cc1CN(Cc1cc(C(F)(F)F)cc(C(F)(F)F)c1)c1ncc(Br)cn1. The van der Waals surface area contributed by atoms with Gasteiger partial charge in [-0.25, -0.2) is 19.3 Å². The average Bonchev–Trinajstić information content (AvgIpc) is 3.48. The van der Waals surface area contributed by atoms with Gasteiger partial charge >= 0.3 is 12.4 Å². The number of benzene rings is 2. The Hall–Kier alpha value is -3.48. The Labute approximate surface area is 258 Å². The van der Waals surface area contributed by atoms with Crippen molar-refractivity contribution in [1.29, 1.82) is 0 Å². The van der Waals surface area contributed by atoms with Crippen LogP contribution in [-0.4, -0.2) is 28.0 Å². The summed E-state index contributed by atoms with van der Waals surface area (Å²) in [6.45, 7) is 2.94. The lowest BCUT2D eigenvalue weighted by atomic mass is 10.0. The predicted molar refractivity (Wildman–Crippen MR) is 158 cm³/mol. The van der Waals surface area contributed by atoms with Gasteiger partial charge < -0.3 is 9.80 Å². The van der Waals surface area contributed by atoms with Gasteiger partial charge in [0.15, 0.2) is 0 Å². The second-order valence-electron chi connectivity index (χ2n) is 11.0. The van der Waals surface area contributed by atoms with Gasteiger partial charge in [0.2, 0.25) is 5.95 Å². The normalized spacial score (nSPS) is 14.4. The third-order valence-corrected chi connectivity index (χ3v) is 8.15. The van der Waals surface area contributed by atoms with Crippen molar-refractivity contribution in [3.8, 4) is 0 Å². The number of alkyl halides is 6. The largest absolute Gasteiger partial charge is 0.416 e. The highest BCUT2D eigenvalue weighted by atomic mass is 79.9. The van der Waals surface area contributed by atoms with Gasteiger partial charge in [-0.15, -0.1) is 0 Å². The van der Waals surface area contributed by atoms with E-state index in [4.69, 9.17) is 4.98 Å². The maximum absolute atomic E-state index is 14.2. The van der Waals surface area contributed by atoms with E-state index in [1.165, 1.54) is 29.4 Å². The number of pyridine rings is 1. The summed E-state index contributed by atoms with van der Waals surface area (Å²) in [4.78, 5) is 17.0. The first-order chi connectivity index (χ1) is 20.8. The molecule has 234 valence electrons. The lowest BCUT2D eigenvalue weighted by Crippen LogP contribution is -2.32. The topological polar surface area (TPSA) is 45.2 Å². The van der Waals surface area contributed by atoms with E-state index in [1.807, 2.05) is 13.0 Å². The average molecular weight is 684 g/mol. The van der Waals surface area contributed by atoms with Crippen LogP contribution in [0.4, 0.5) is 42.5 Å². The van der Waals surface area contributed by atoms with Crippen molar-refractivity contribution in [1.82, 2.24) is 15.0 Å². The van der Waals surface area contributed by atoms with Crippen LogP contribution >= 0.6 is 15.9 Å². The van der Waals surface area contributed by atoms with Gasteiger partial charge in [0.1, 0.15) is 11.6 Å². The molecule has 4 aromatic rings. The molecule has 0 atom stereocenters. The number of fused-ring (bicyclic) bond motifs is 1. The minimum Gasteiger partial charge on any atom is -0.356 e. The van der Waals surface area contributed by atoms with E-state index in [0.717, 1.165) is 25.7 Å². The summed E-state index contributed by atoms with van der Waals surface area (Å²) in [5, 5.41) is 0.636. The summed E-state index contributed by atoms with van der Waals surface area (Å²) >= 11 is 3.26. The number of anilines is 2. The lowest BCUT2D eigenvalue weighted by Gasteiger charge is -2.30. The van der Waals surface area contributed by atoms with Crippen LogP contribution in [0, 0.1) is 11.7 Å². The summed E-state index contributed by atoms with van der Waals surface area (Å²) in [5.74, 6) is 0.671. The molecule has 0 saturated heterocycles. The third kappa shape index (κ3) is 7.59. The Morgan fingerprint density at radius 2 is 1.48 bits per heavy atom. The first-order valence-electron chi connectivity index (χ1n) is 14.1. The minimum atomic E-state index is -4.98. The molecular formula is C31H29BrF7N5. The van der Waals surface area contributed by atoms with Crippen molar-refractivity contribution >= 4 is 38.6 Å². The van der Waals surface area contributed by atoms with Crippen LogP contribution < -0.4 is 9.80 Å². The maximum atomic E-state index is 14.2. The number of aromatic nitrogens is 3. The van der Waals surface area contributed by atoms with E-state index in [0.29, 0.717) is 57.9 Å². The highest BCUT2D eigenvalue weighted by molar-refractivity contribution is 9.10. The lowest BCUT2D eigenvalue weighted by molar-refractivity contribution is -0.143. The molecular weight excluding hydrogens is 655 g/mol. The number of hydrogen-bond donors (Lipinski definition) is 0. The molecule has 1 saturated carbocycles. The number of hydrogen-bond acceptors (Lipinski definition) is 5. The molecule has 5 nitrogen and oxygen atoms in total. The van der Waals surface area contributed by atoms with Crippen molar-refractivity contribution in [2.45, 2.75) is 58.0 Å². The van der Waals surface area contributed by atoms with Gasteiger partial charge in [-0.3, -0.25) is 0 Å². The number of nitrogens with zero attached hydrogens (tertiary/aromatic N) is 5. The molecule has 1 aliphatic carbocycles. The molecule has 0 unspecified atom stereocenters. The van der Waals surface area contributed by atoms with E-state index in [9.17, 15) is 30.7 Å². The molecule has 1 aliphatic rings. The Morgan fingerprint density at radius 3 is 2.07 bits per heavy atom. The summed E-state index contributed by atoms with van der Waals surface area (Å²) in [5.41, 5.74) is -1.92. The Kier molecular flexibility index (Phi) is 9.33. The zero-order chi connectivity index (χ0) is 31.6. The van der Waals surface area contributed by atoms with Gasteiger partial charge in [-0.2, -0.15) is 26.3 Å². The van der Waals surface area contributed by atoms with Crippen molar-refractivity contribution < 1.29 is 30.7 Å². The molecule has 1 fully saturated rings. The Balaban J connectivity index is 1.60. The van der Waals surface area contributed by atoms with Crippen LogP contribution in [0.1, 0.15) is 54.9 Å². The van der Waals surface area contributed by atoms with Gasteiger partial charge in [0, 0.05) is 55.6 Å². The second-order valence-corrected chi connectivity index (χ2v) is 11.9. The first kappa shape index (κ1) is 31.9. The van der Waals surface area contributed by atoms with E-state index in [2.05, 4.69) is 30.8 Å². The highest BCUT2D eigenvalue weighted by Gasteiger charge is 2.37. The van der Waals surface area contributed by atoms with E-state index in [-0.39, 0.29) is 30.7 Å². The molecule has 0 radical (unpaired) electrons. The highest BCUT2D eigenvalue weighted by Crippen LogP contribution is 2.37. The smallest absolute Gasteiger partial charge is 0.356 e. The van der Waals surface area contributed by atoms with Crippen molar-refractivity contribution in [3.05, 3.63) is 87.4 Å². The quantitative estimate of drug-likeness (QED) is 0.165. The minimum absolute atomic E-state index is 0.00997. The summed E-state index contributed by atoms with van der Waals surface area (Å²) in [7, 11) is 0. The molecule has 5 rings (SSSR count). The molecule has 13 heteroatoms. The van der Waals surface area contributed by atoms with E-state index >= 15 is 0 Å². The van der Waals surface area contributed by atoms with Crippen LogP contribution in [0.25, 0.3) is 10.9 Å². The van der Waals surface area contributed by atoms with Crippen LogP contribution in [0.3, 0.4) is 0 Å². The van der Waals surface area contributed by atoms with Crippen LogP contribution in [0.2, 0.25) is 0 Å². The molecule has 2 heterocycles. The molecule has 0 N–H and O–H groups in total. The Bertz CT molecular complexity index is 1570. The van der Waals surface area contributed by atoms with Crippen molar-refractivity contribution in [3.63, 3.8) is 0 Å². The number of halogens is 8. The maximum Gasteiger partial charge on any atom is 0.416 e. The standard InChI is InChI=1S/C31H29BrF7N5/c1-2-43(16-19-5-3-4-6-19)28-22(11-21-7-8-26(33)13-27(21)42-28)18-44(29-40-14-25(32)15-41-29)17-20-9-23(30(34,35)36)12-24(10-20)31(37,38)39/h7-15,19H,2-6,16-18H2,1H3. The third-order valence-electron chi connectivity index (χ3n) is 7.74. The number of rotatable bonds is 9. The fourth-order valence-electron chi connectivity index (χ4n) is 5.64. The van der Waals surface area contributed by atoms with Gasteiger partial charge in [-0.05, 0) is 83.6 Å². The fraction of sp³-hybridized carbons (Fsp3) is 0.387. The van der Waals surface area contributed by atoms with E-state index < -0.39 is 29.3 Å². The monoisotopic (exact) mass is 683 g/mol. The summed E-state index contributed by atoms with van der Waals surface area (Å²) in [6, 6.07) is 7.58. The van der Waals surface area contributed by atoms with Gasteiger partial charge in [-0.1, -0.05) is 12.8 Å². The van der Waals surface area contributed by atoms with Crippen LogP contribution in [-0.2, 0) is 25.4 Å². The zero-order valence-corrected chi connectivity index (χ0v) is 25.3. The van der Waals surface area contributed by atoms with Gasteiger partial charge in [0.05, 0.1) is 21.1 Å². The molecule has 0 amide bonds. The predicted octanol–water partition coefficient (Wildman–Crippen LogP) is 9.19.